The summed E-state index contributed by atoms with van der Waals surface area (Å²) in [6.45, 7) is 5.61. The Labute approximate surface area is 94.3 Å². The molecule has 0 aliphatic rings. The molecule has 1 aromatic rings. The first-order valence-electron chi connectivity index (χ1n) is 5.33. The van der Waals surface area contributed by atoms with E-state index in [0.717, 1.165) is 6.42 Å². The van der Waals surface area contributed by atoms with Crippen LogP contribution in [0.25, 0.3) is 0 Å². The zero-order chi connectivity index (χ0) is 12.2. The first kappa shape index (κ1) is 13.0. The number of hydrogen-bond donors (Lipinski definition) is 1. The van der Waals surface area contributed by atoms with E-state index in [0.29, 0.717) is 17.9 Å². The monoisotopic (exact) mass is 229 g/mol. The molecule has 0 spiro atoms. The molecule has 0 saturated carbocycles. The van der Waals surface area contributed by atoms with Gasteiger partial charge in [0.05, 0.1) is 11.4 Å². The first-order chi connectivity index (χ1) is 7.52. The smallest absolute Gasteiger partial charge is 0.261 e. The fourth-order valence-electron chi connectivity index (χ4n) is 1.57. The van der Waals surface area contributed by atoms with Crippen LogP contribution >= 0.6 is 0 Å². The number of nitrogens with one attached hydrogen (secondary N) is 1. The highest BCUT2D eigenvalue weighted by Gasteiger charge is 2.39. The van der Waals surface area contributed by atoms with E-state index in [1.807, 2.05) is 6.92 Å². The van der Waals surface area contributed by atoms with Crippen LogP contribution in [0.4, 0.5) is 8.78 Å². The van der Waals surface area contributed by atoms with Crippen molar-refractivity contribution >= 4 is 0 Å². The molecule has 0 radical (unpaired) electrons. The van der Waals surface area contributed by atoms with Gasteiger partial charge in [-0.15, -0.1) is 0 Å². The van der Waals surface area contributed by atoms with Gasteiger partial charge in [-0.05, 0) is 26.8 Å². The molecular weight excluding hydrogens is 212 g/mol. The molecule has 1 unspecified atom stereocenters. The SMILES string of the molecule is CCCNC(C)(c1nccnc1C)C(F)F. The maximum Gasteiger partial charge on any atom is 0.261 e. The number of aryl methyl sites for hydroxylation is 1. The van der Waals surface area contributed by atoms with E-state index in [1.165, 1.54) is 19.3 Å². The molecule has 0 aliphatic heterocycles. The van der Waals surface area contributed by atoms with Gasteiger partial charge in [-0.2, -0.15) is 0 Å². The highest BCUT2D eigenvalue weighted by Crippen LogP contribution is 2.27. The molecule has 90 valence electrons. The quantitative estimate of drug-likeness (QED) is 0.841. The Bertz CT molecular complexity index is 344. The van der Waals surface area contributed by atoms with Crippen LogP contribution in [0.5, 0.6) is 0 Å². The van der Waals surface area contributed by atoms with Crippen molar-refractivity contribution in [3.05, 3.63) is 23.8 Å². The first-order valence-corrected chi connectivity index (χ1v) is 5.33. The van der Waals surface area contributed by atoms with Crippen LogP contribution < -0.4 is 5.32 Å². The Balaban J connectivity index is 3.06. The third-order valence-corrected chi connectivity index (χ3v) is 2.55. The maximum atomic E-state index is 13.1. The largest absolute Gasteiger partial charge is 0.302 e. The Morgan fingerprint density at radius 1 is 1.38 bits per heavy atom. The highest BCUT2D eigenvalue weighted by atomic mass is 19.3. The number of nitrogens with zero attached hydrogens (tertiary/aromatic N) is 2. The molecule has 1 N–H and O–H groups in total. The Hall–Kier alpha value is -1.10. The number of rotatable bonds is 5. The minimum Gasteiger partial charge on any atom is -0.302 e. The lowest BCUT2D eigenvalue weighted by Gasteiger charge is -2.30. The van der Waals surface area contributed by atoms with Gasteiger partial charge in [-0.25, -0.2) is 8.78 Å². The molecule has 16 heavy (non-hydrogen) atoms. The van der Waals surface area contributed by atoms with E-state index >= 15 is 0 Å². The van der Waals surface area contributed by atoms with E-state index in [1.54, 1.807) is 6.92 Å². The second-order valence-electron chi connectivity index (χ2n) is 3.92. The van der Waals surface area contributed by atoms with Gasteiger partial charge in [-0.1, -0.05) is 6.92 Å². The van der Waals surface area contributed by atoms with Crippen LogP contribution in [0.2, 0.25) is 0 Å². The van der Waals surface area contributed by atoms with Crippen LogP contribution in [0, 0.1) is 6.92 Å². The topological polar surface area (TPSA) is 37.8 Å². The van der Waals surface area contributed by atoms with Crippen molar-refractivity contribution in [3.63, 3.8) is 0 Å². The van der Waals surface area contributed by atoms with Crippen LogP contribution in [0.15, 0.2) is 12.4 Å². The number of hydrogen-bond acceptors (Lipinski definition) is 3. The summed E-state index contributed by atoms with van der Waals surface area (Å²) in [5.41, 5.74) is -0.568. The standard InChI is InChI=1S/C11H17F2N3/c1-4-5-16-11(3,10(12)13)9-8(2)14-6-7-15-9/h6-7,10,16H,4-5H2,1-3H3. The second kappa shape index (κ2) is 5.30. The fraction of sp³-hybridized carbons (Fsp3) is 0.636. The molecular formula is C11H17F2N3. The van der Waals surface area contributed by atoms with Crippen LogP contribution in [-0.4, -0.2) is 22.9 Å². The molecule has 5 heteroatoms. The van der Waals surface area contributed by atoms with E-state index in [4.69, 9.17) is 0 Å². The van der Waals surface area contributed by atoms with Gasteiger partial charge in [0.2, 0.25) is 0 Å². The van der Waals surface area contributed by atoms with Crippen LogP contribution in [0.1, 0.15) is 31.7 Å². The zero-order valence-electron chi connectivity index (χ0n) is 9.80. The summed E-state index contributed by atoms with van der Waals surface area (Å²) < 4.78 is 26.3. The summed E-state index contributed by atoms with van der Waals surface area (Å²) >= 11 is 0. The van der Waals surface area contributed by atoms with Crippen molar-refractivity contribution in [2.75, 3.05) is 6.54 Å². The molecule has 0 saturated heterocycles. The summed E-state index contributed by atoms with van der Waals surface area (Å²) in [6.07, 6.45) is 1.22. The van der Waals surface area contributed by atoms with Gasteiger partial charge in [0.1, 0.15) is 5.54 Å². The van der Waals surface area contributed by atoms with Crippen LogP contribution in [-0.2, 0) is 5.54 Å². The average molecular weight is 229 g/mol. The lowest BCUT2D eigenvalue weighted by atomic mass is 9.96. The lowest BCUT2D eigenvalue weighted by Crippen LogP contribution is -2.47. The third kappa shape index (κ3) is 2.52. The number of alkyl halides is 2. The van der Waals surface area contributed by atoms with Crippen molar-refractivity contribution < 1.29 is 8.78 Å². The molecule has 1 rings (SSSR count). The van der Waals surface area contributed by atoms with Crippen molar-refractivity contribution in [3.8, 4) is 0 Å². The minimum absolute atomic E-state index is 0.318. The summed E-state index contributed by atoms with van der Waals surface area (Å²) in [5, 5.41) is 2.85. The van der Waals surface area contributed by atoms with Gasteiger partial charge in [0, 0.05) is 12.4 Å². The zero-order valence-corrected chi connectivity index (χ0v) is 9.80. The number of halogens is 2. The van der Waals surface area contributed by atoms with Crippen molar-refractivity contribution in [2.45, 2.75) is 39.2 Å². The predicted molar refractivity (Wildman–Crippen MR) is 58.4 cm³/mol. The van der Waals surface area contributed by atoms with E-state index in [2.05, 4.69) is 15.3 Å². The van der Waals surface area contributed by atoms with Gasteiger partial charge < -0.3 is 5.32 Å². The molecule has 1 heterocycles. The lowest BCUT2D eigenvalue weighted by molar-refractivity contribution is 0.0353. The number of aromatic nitrogens is 2. The summed E-state index contributed by atoms with van der Waals surface area (Å²) in [7, 11) is 0. The van der Waals surface area contributed by atoms with Gasteiger partial charge in [0.15, 0.2) is 0 Å². The third-order valence-electron chi connectivity index (χ3n) is 2.55. The highest BCUT2D eigenvalue weighted by molar-refractivity contribution is 5.20. The molecule has 0 aromatic carbocycles. The average Bonchev–Trinajstić information content (AvgIpc) is 2.26. The van der Waals surface area contributed by atoms with Crippen molar-refractivity contribution in [2.24, 2.45) is 0 Å². The molecule has 0 fully saturated rings. The Morgan fingerprint density at radius 3 is 2.50 bits per heavy atom. The van der Waals surface area contributed by atoms with E-state index in [-0.39, 0.29) is 0 Å². The maximum absolute atomic E-state index is 13.1. The molecule has 0 amide bonds. The van der Waals surface area contributed by atoms with Crippen molar-refractivity contribution in [1.82, 2.24) is 15.3 Å². The van der Waals surface area contributed by atoms with Gasteiger partial charge in [-0.3, -0.25) is 9.97 Å². The van der Waals surface area contributed by atoms with E-state index < -0.39 is 12.0 Å². The minimum atomic E-state index is -2.52. The summed E-state index contributed by atoms with van der Waals surface area (Å²) in [5.74, 6) is 0. The molecule has 3 nitrogen and oxygen atoms in total. The summed E-state index contributed by atoms with van der Waals surface area (Å²) in [6, 6.07) is 0. The molecule has 1 aromatic heterocycles. The van der Waals surface area contributed by atoms with Gasteiger partial charge in [0.25, 0.3) is 6.43 Å². The van der Waals surface area contributed by atoms with E-state index in [9.17, 15) is 8.78 Å². The molecule has 0 aliphatic carbocycles. The predicted octanol–water partition coefficient (Wildman–Crippen LogP) is 2.26. The molecule has 1 atom stereocenters. The second-order valence-corrected chi connectivity index (χ2v) is 3.92. The summed E-state index contributed by atoms with van der Waals surface area (Å²) in [4.78, 5) is 8.02. The Morgan fingerprint density at radius 2 is 2.00 bits per heavy atom. The van der Waals surface area contributed by atoms with Crippen molar-refractivity contribution in [1.29, 1.82) is 0 Å². The normalized spacial score (nSPS) is 15.1. The van der Waals surface area contributed by atoms with Gasteiger partial charge >= 0.3 is 0 Å². The Kier molecular flexibility index (Phi) is 4.29. The fourth-order valence-corrected chi connectivity index (χ4v) is 1.57. The van der Waals surface area contributed by atoms with Crippen LogP contribution in [0.3, 0.4) is 0 Å². The molecule has 0 bridgehead atoms.